The summed E-state index contributed by atoms with van der Waals surface area (Å²) in [4.78, 5) is 27.7. The lowest BCUT2D eigenvalue weighted by atomic mass is 9.91. The molecule has 2 aromatic heterocycles. The van der Waals surface area contributed by atoms with Crippen LogP contribution in [0.25, 0.3) is 5.95 Å². The standard InChI is InChI=1S/C25H24F6N6O/c1-14(20-34-13-35-37(20)22-32-6-3-7-33-22)36(12-15-4-5-15)21(38)16-8-17(10-18(9-16)24(26,27)28)23(2)11-19(23)25(29,30)31/h3,6-10,13-15,19H,4-5,11-12H2,1-2H3. The molecular weight excluding hydrogens is 514 g/mol. The fraction of sp³-hybridized carbons (Fsp3) is 0.480. The van der Waals surface area contributed by atoms with E-state index >= 15 is 0 Å². The van der Waals surface area contributed by atoms with Gasteiger partial charge in [0.25, 0.3) is 11.9 Å². The van der Waals surface area contributed by atoms with E-state index < -0.39 is 41.2 Å². The van der Waals surface area contributed by atoms with Crippen molar-refractivity contribution in [1.29, 1.82) is 0 Å². The molecule has 0 aliphatic heterocycles. The first kappa shape index (κ1) is 26.1. The molecule has 38 heavy (non-hydrogen) atoms. The molecule has 0 bridgehead atoms. The predicted octanol–water partition coefficient (Wildman–Crippen LogP) is 5.53. The average molecular weight is 538 g/mol. The minimum atomic E-state index is -4.85. The highest BCUT2D eigenvalue weighted by Gasteiger charge is 2.64. The van der Waals surface area contributed by atoms with Gasteiger partial charge in [0.1, 0.15) is 6.33 Å². The van der Waals surface area contributed by atoms with Crippen LogP contribution in [-0.4, -0.2) is 48.3 Å². The Labute approximate surface area is 213 Å². The number of carbonyl (C=O) groups is 1. The van der Waals surface area contributed by atoms with Crippen LogP contribution in [0, 0.1) is 11.8 Å². The van der Waals surface area contributed by atoms with E-state index in [1.54, 1.807) is 13.0 Å². The van der Waals surface area contributed by atoms with Gasteiger partial charge < -0.3 is 4.90 Å². The van der Waals surface area contributed by atoms with Gasteiger partial charge in [-0.25, -0.2) is 15.0 Å². The van der Waals surface area contributed by atoms with Crippen LogP contribution in [0.15, 0.2) is 43.0 Å². The maximum absolute atomic E-state index is 13.8. The molecule has 2 heterocycles. The van der Waals surface area contributed by atoms with Gasteiger partial charge in [0.2, 0.25) is 0 Å². The van der Waals surface area contributed by atoms with Crippen molar-refractivity contribution < 1.29 is 31.1 Å². The van der Waals surface area contributed by atoms with Gasteiger partial charge in [0, 0.05) is 29.9 Å². The molecule has 0 N–H and O–H groups in total. The van der Waals surface area contributed by atoms with Crippen molar-refractivity contribution in [3.8, 4) is 5.95 Å². The Bertz CT molecular complexity index is 1340. The molecule has 2 saturated carbocycles. The lowest BCUT2D eigenvalue weighted by molar-refractivity contribution is -0.152. The molecule has 3 unspecified atom stereocenters. The minimum Gasteiger partial charge on any atom is -0.328 e. The zero-order chi connectivity index (χ0) is 27.5. The van der Waals surface area contributed by atoms with Gasteiger partial charge in [0.15, 0.2) is 5.82 Å². The highest BCUT2D eigenvalue weighted by molar-refractivity contribution is 5.95. The van der Waals surface area contributed by atoms with Crippen molar-refractivity contribution in [3.05, 3.63) is 65.5 Å². The van der Waals surface area contributed by atoms with E-state index in [9.17, 15) is 31.1 Å². The third kappa shape index (κ3) is 4.97. The fourth-order valence-electron chi connectivity index (χ4n) is 4.80. The molecule has 2 fully saturated rings. The summed E-state index contributed by atoms with van der Waals surface area (Å²) in [5.41, 5.74) is -3.17. The third-order valence-corrected chi connectivity index (χ3v) is 7.37. The quantitative estimate of drug-likeness (QED) is 0.370. The van der Waals surface area contributed by atoms with Crippen LogP contribution in [0.1, 0.15) is 66.5 Å². The van der Waals surface area contributed by atoms with Gasteiger partial charge in [0.05, 0.1) is 17.5 Å². The van der Waals surface area contributed by atoms with Crippen molar-refractivity contribution >= 4 is 5.91 Å². The normalized spacial score (nSPS) is 22.3. The summed E-state index contributed by atoms with van der Waals surface area (Å²) in [5, 5.41) is 4.14. The number of hydrogen-bond donors (Lipinski definition) is 0. The van der Waals surface area contributed by atoms with Gasteiger partial charge in [-0.3, -0.25) is 4.79 Å². The van der Waals surface area contributed by atoms with Crippen molar-refractivity contribution in [2.45, 2.75) is 56.9 Å². The molecule has 202 valence electrons. The van der Waals surface area contributed by atoms with E-state index in [1.807, 2.05) is 0 Å². The number of hydrogen-bond acceptors (Lipinski definition) is 5. The molecule has 0 radical (unpaired) electrons. The zero-order valence-corrected chi connectivity index (χ0v) is 20.5. The first-order valence-electron chi connectivity index (χ1n) is 12.1. The van der Waals surface area contributed by atoms with Gasteiger partial charge >= 0.3 is 12.4 Å². The van der Waals surface area contributed by atoms with Crippen molar-refractivity contribution in [2.75, 3.05) is 6.54 Å². The Hall–Kier alpha value is -3.51. The summed E-state index contributed by atoms with van der Waals surface area (Å²) >= 11 is 0. The summed E-state index contributed by atoms with van der Waals surface area (Å²) in [6.07, 6.45) is -3.77. The molecule has 0 spiro atoms. The van der Waals surface area contributed by atoms with Crippen LogP contribution in [0.4, 0.5) is 26.3 Å². The van der Waals surface area contributed by atoms with Crippen molar-refractivity contribution in [2.24, 2.45) is 11.8 Å². The minimum absolute atomic E-state index is 0.155. The smallest absolute Gasteiger partial charge is 0.328 e. The molecule has 7 nitrogen and oxygen atoms in total. The highest BCUT2D eigenvalue weighted by atomic mass is 19.4. The second-order valence-electron chi connectivity index (χ2n) is 10.2. The van der Waals surface area contributed by atoms with Crippen LogP contribution in [0.3, 0.4) is 0 Å². The van der Waals surface area contributed by atoms with Crippen molar-refractivity contribution in [3.63, 3.8) is 0 Å². The zero-order valence-electron chi connectivity index (χ0n) is 20.5. The van der Waals surface area contributed by atoms with Crippen LogP contribution in [-0.2, 0) is 11.6 Å². The molecule has 13 heteroatoms. The number of aromatic nitrogens is 5. The predicted molar refractivity (Wildman–Crippen MR) is 122 cm³/mol. The second-order valence-corrected chi connectivity index (χ2v) is 10.2. The van der Waals surface area contributed by atoms with Gasteiger partial charge in [-0.2, -0.15) is 36.1 Å². The number of carbonyl (C=O) groups excluding carboxylic acids is 1. The maximum Gasteiger partial charge on any atom is 0.416 e. The number of alkyl halides is 6. The SMILES string of the molecule is CC(c1ncnn1-c1ncccn1)N(CC1CC1)C(=O)c1cc(C(F)(F)F)cc(C2(C)CC2C(F)(F)F)c1. The van der Waals surface area contributed by atoms with Gasteiger partial charge in [-0.15, -0.1) is 0 Å². The molecule has 1 amide bonds. The summed E-state index contributed by atoms with van der Waals surface area (Å²) in [7, 11) is 0. The molecular formula is C25H24F6N6O. The summed E-state index contributed by atoms with van der Waals surface area (Å²) in [6, 6.07) is 3.47. The monoisotopic (exact) mass is 538 g/mol. The summed E-state index contributed by atoms with van der Waals surface area (Å²) in [6.45, 7) is 3.19. The molecule has 2 aliphatic carbocycles. The van der Waals surface area contributed by atoms with Crippen LogP contribution < -0.4 is 0 Å². The third-order valence-electron chi connectivity index (χ3n) is 7.37. The van der Waals surface area contributed by atoms with Gasteiger partial charge in [-0.05, 0) is 61.9 Å². The van der Waals surface area contributed by atoms with E-state index in [-0.39, 0.29) is 36.0 Å². The Morgan fingerprint density at radius 1 is 1.11 bits per heavy atom. The Balaban J connectivity index is 1.54. The Kier molecular flexibility index (Phi) is 6.22. The number of amides is 1. The summed E-state index contributed by atoms with van der Waals surface area (Å²) in [5.74, 6) is -1.84. The average Bonchev–Trinajstić information content (AvgIpc) is 3.77. The molecule has 2 aliphatic rings. The molecule has 5 rings (SSSR count). The van der Waals surface area contributed by atoms with Crippen LogP contribution in [0.2, 0.25) is 0 Å². The summed E-state index contributed by atoms with van der Waals surface area (Å²) < 4.78 is 83.0. The number of benzene rings is 1. The molecule has 0 saturated heterocycles. The number of halogens is 6. The van der Waals surface area contributed by atoms with Crippen molar-refractivity contribution in [1.82, 2.24) is 29.6 Å². The second kappa shape index (κ2) is 9.05. The van der Waals surface area contributed by atoms with Gasteiger partial charge in [-0.1, -0.05) is 6.92 Å². The Morgan fingerprint density at radius 2 is 1.79 bits per heavy atom. The Morgan fingerprint density at radius 3 is 2.37 bits per heavy atom. The van der Waals surface area contributed by atoms with E-state index in [4.69, 9.17) is 0 Å². The van der Waals surface area contributed by atoms with E-state index in [0.717, 1.165) is 18.9 Å². The molecule has 3 aromatic rings. The number of nitrogens with zero attached hydrogens (tertiary/aromatic N) is 6. The van der Waals surface area contributed by atoms with E-state index in [1.165, 1.54) is 41.3 Å². The first-order valence-corrected chi connectivity index (χ1v) is 12.1. The van der Waals surface area contributed by atoms with Crippen LogP contribution >= 0.6 is 0 Å². The van der Waals surface area contributed by atoms with E-state index in [0.29, 0.717) is 11.9 Å². The number of rotatable bonds is 7. The molecule has 1 aromatic carbocycles. The van der Waals surface area contributed by atoms with Crippen LogP contribution in [0.5, 0.6) is 0 Å². The first-order chi connectivity index (χ1) is 17.8. The lowest BCUT2D eigenvalue weighted by Gasteiger charge is -2.29. The topological polar surface area (TPSA) is 76.8 Å². The fourth-order valence-corrected chi connectivity index (χ4v) is 4.80. The largest absolute Gasteiger partial charge is 0.416 e. The maximum atomic E-state index is 13.8. The van der Waals surface area contributed by atoms with E-state index in [2.05, 4.69) is 20.1 Å². The molecule has 3 atom stereocenters. The lowest BCUT2D eigenvalue weighted by Crippen LogP contribution is -2.37. The highest BCUT2D eigenvalue weighted by Crippen LogP contribution is 2.61.